The van der Waals surface area contributed by atoms with Crippen molar-refractivity contribution in [1.29, 1.82) is 0 Å². The number of thioether (sulfide) groups is 1. The fourth-order valence-electron chi connectivity index (χ4n) is 1.59. The van der Waals surface area contributed by atoms with Gasteiger partial charge >= 0.3 is 6.01 Å². The lowest BCUT2D eigenvalue weighted by atomic mass is 10.3. The molecule has 0 fully saturated rings. The molecule has 2 aromatic rings. The van der Waals surface area contributed by atoms with Crippen LogP contribution in [0.25, 0.3) is 0 Å². The quantitative estimate of drug-likeness (QED) is 0.794. The van der Waals surface area contributed by atoms with E-state index in [-0.39, 0.29) is 6.10 Å². The normalized spacial score (nSPS) is 10.5. The van der Waals surface area contributed by atoms with E-state index in [1.54, 1.807) is 18.8 Å². The Bertz CT molecular complexity index is 588. The number of ether oxygens (including phenoxy) is 1. The predicted octanol–water partition coefficient (Wildman–Crippen LogP) is 3.17. The molecule has 7 heteroatoms. The molecule has 0 aliphatic heterocycles. The molecule has 0 radical (unpaired) electrons. The Hall–Kier alpha value is -2.02. The molecule has 0 amide bonds. The maximum absolute atomic E-state index is 5.53. The topological polar surface area (TPSA) is 72.0 Å². The second-order valence-corrected chi connectivity index (χ2v) is 5.41. The average molecular weight is 305 g/mol. The third-order valence-electron chi connectivity index (χ3n) is 2.53. The predicted molar refractivity (Wildman–Crippen MR) is 86.6 cm³/mol. The van der Waals surface area contributed by atoms with Crippen molar-refractivity contribution in [3.05, 3.63) is 24.3 Å². The highest BCUT2D eigenvalue weighted by Crippen LogP contribution is 2.20. The molecule has 0 aliphatic rings. The Morgan fingerprint density at radius 1 is 1.05 bits per heavy atom. The van der Waals surface area contributed by atoms with Gasteiger partial charge in [-0.05, 0) is 44.4 Å². The van der Waals surface area contributed by atoms with Gasteiger partial charge in [-0.15, -0.1) is 11.8 Å². The number of nitrogens with zero attached hydrogens (tertiary/aromatic N) is 3. The summed E-state index contributed by atoms with van der Waals surface area (Å²) in [5.74, 6) is 0.908. The number of rotatable bonds is 6. The molecule has 0 spiro atoms. The Kier molecular flexibility index (Phi) is 5.21. The van der Waals surface area contributed by atoms with E-state index in [2.05, 4.69) is 25.6 Å². The van der Waals surface area contributed by atoms with Crippen LogP contribution in [0.2, 0.25) is 0 Å². The zero-order valence-electron chi connectivity index (χ0n) is 12.5. The van der Waals surface area contributed by atoms with E-state index in [4.69, 9.17) is 4.74 Å². The number of benzene rings is 1. The summed E-state index contributed by atoms with van der Waals surface area (Å²) in [6, 6.07) is 8.35. The lowest BCUT2D eigenvalue weighted by molar-refractivity contribution is 0.222. The van der Waals surface area contributed by atoms with E-state index in [1.165, 1.54) is 4.90 Å². The van der Waals surface area contributed by atoms with Gasteiger partial charge in [0.25, 0.3) is 0 Å². The SMILES string of the molecule is CNc1nc(Nc2ccc(SC)cc2)nc(OC(C)C)n1. The van der Waals surface area contributed by atoms with Gasteiger partial charge in [0.2, 0.25) is 11.9 Å². The number of nitrogens with one attached hydrogen (secondary N) is 2. The van der Waals surface area contributed by atoms with E-state index >= 15 is 0 Å². The molecule has 0 saturated carbocycles. The van der Waals surface area contributed by atoms with Crippen LogP contribution >= 0.6 is 11.8 Å². The van der Waals surface area contributed by atoms with Gasteiger partial charge in [0.05, 0.1) is 6.10 Å². The molecular formula is C14H19N5OS. The summed E-state index contributed by atoms with van der Waals surface area (Å²) in [7, 11) is 1.76. The van der Waals surface area contributed by atoms with Gasteiger partial charge in [-0.3, -0.25) is 0 Å². The standard InChI is InChI=1S/C14H19N5OS/c1-9(2)20-14-18-12(15-3)17-13(19-14)16-10-5-7-11(21-4)8-6-10/h5-9H,1-4H3,(H2,15,16,17,18,19). The van der Waals surface area contributed by atoms with Crippen molar-refractivity contribution in [3.63, 3.8) is 0 Å². The molecule has 6 nitrogen and oxygen atoms in total. The van der Waals surface area contributed by atoms with Crippen molar-refractivity contribution in [2.75, 3.05) is 23.9 Å². The van der Waals surface area contributed by atoms with Crippen molar-refractivity contribution in [2.45, 2.75) is 24.8 Å². The first-order valence-corrected chi connectivity index (χ1v) is 7.84. The van der Waals surface area contributed by atoms with Crippen LogP contribution < -0.4 is 15.4 Å². The van der Waals surface area contributed by atoms with E-state index in [0.29, 0.717) is 17.9 Å². The van der Waals surface area contributed by atoms with Gasteiger partial charge in [0, 0.05) is 17.6 Å². The van der Waals surface area contributed by atoms with Gasteiger partial charge in [-0.25, -0.2) is 0 Å². The Morgan fingerprint density at radius 2 is 1.71 bits per heavy atom. The molecular weight excluding hydrogens is 286 g/mol. The van der Waals surface area contributed by atoms with Crippen molar-refractivity contribution in [3.8, 4) is 6.01 Å². The van der Waals surface area contributed by atoms with Crippen molar-refractivity contribution in [1.82, 2.24) is 15.0 Å². The van der Waals surface area contributed by atoms with E-state index in [9.17, 15) is 0 Å². The highest BCUT2D eigenvalue weighted by Gasteiger charge is 2.08. The molecule has 0 bridgehead atoms. The second kappa shape index (κ2) is 7.12. The molecule has 0 saturated heterocycles. The number of hydrogen-bond acceptors (Lipinski definition) is 7. The second-order valence-electron chi connectivity index (χ2n) is 4.54. The average Bonchev–Trinajstić information content (AvgIpc) is 2.47. The monoisotopic (exact) mass is 305 g/mol. The van der Waals surface area contributed by atoms with Gasteiger partial charge in [0.15, 0.2) is 0 Å². The molecule has 2 rings (SSSR count). The first kappa shape index (κ1) is 15.4. The molecule has 112 valence electrons. The highest BCUT2D eigenvalue weighted by molar-refractivity contribution is 7.98. The van der Waals surface area contributed by atoms with Crippen LogP contribution in [-0.2, 0) is 0 Å². The molecule has 1 heterocycles. The Balaban J connectivity index is 2.20. The van der Waals surface area contributed by atoms with E-state index in [0.717, 1.165) is 5.69 Å². The van der Waals surface area contributed by atoms with Crippen LogP contribution in [0.5, 0.6) is 6.01 Å². The lowest BCUT2D eigenvalue weighted by Gasteiger charge is -2.11. The first-order valence-electron chi connectivity index (χ1n) is 6.62. The number of hydrogen-bond donors (Lipinski definition) is 2. The summed E-state index contributed by atoms with van der Waals surface area (Å²) < 4.78 is 5.53. The van der Waals surface area contributed by atoms with Gasteiger partial charge < -0.3 is 15.4 Å². The largest absolute Gasteiger partial charge is 0.461 e. The summed E-state index contributed by atoms with van der Waals surface area (Å²) in [5.41, 5.74) is 0.913. The summed E-state index contributed by atoms with van der Waals surface area (Å²) in [6.45, 7) is 3.86. The van der Waals surface area contributed by atoms with Crippen molar-refractivity contribution >= 4 is 29.3 Å². The fourth-order valence-corrected chi connectivity index (χ4v) is 2.00. The van der Waals surface area contributed by atoms with Crippen LogP contribution in [0.4, 0.5) is 17.6 Å². The maximum Gasteiger partial charge on any atom is 0.323 e. The number of aromatic nitrogens is 3. The third-order valence-corrected chi connectivity index (χ3v) is 3.27. The van der Waals surface area contributed by atoms with Crippen LogP contribution in [0.15, 0.2) is 29.2 Å². The number of anilines is 3. The molecule has 0 unspecified atom stereocenters. The van der Waals surface area contributed by atoms with Gasteiger partial charge in [-0.1, -0.05) is 0 Å². The van der Waals surface area contributed by atoms with E-state index < -0.39 is 0 Å². The molecule has 2 N–H and O–H groups in total. The maximum atomic E-state index is 5.53. The van der Waals surface area contributed by atoms with Crippen LogP contribution in [-0.4, -0.2) is 34.4 Å². The van der Waals surface area contributed by atoms with Crippen molar-refractivity contribution < 1.29 is 4.74 Å². The van der Waals surface area contributed by atoms with Crippen LogP contribution in [0, 0.1) is 0 Å². The smallest absolute Gasteiger partial charge is 0.323 e. The summed E-state index contributed by atoms with van der Waals surface area (Å²) in [4.78, 5) is 13.9. The minimum atomic E-state index is 0.00539. The lowest BCUT2D eigenvalue weighted by Crippen LogP contribution is -2.11. The molecule has 0 aliphatic carbocycles. The minimum absolute atomic E-state index is 0.00539. The molecule has 1 aromatic carbocycles. The van der Waals surface area contributed by atoms with Gasteiger partial charge in [-0.2, -0.15) is 15.0 Å². The first-order chi connectivity index (χ1) is 10.1. The zero-order valence-corrected chi connectivity index (χ0v) is 13.4. The van der Waals surface area contributed by atoms with Crippen LogP contribution in [0.1, 0.15) is 13.8 Å². The van der Waals surface area contributed by atoms with Crippen LogP contribution in [0.3, 0.4) is 0 Å². The fraction of sp³-hybridized carbons (Fsp3) is 0.357. The summed E-state index contributed by atoms with van der Waals surface area (Å²) >= 11 is 1.70. The minimum Gasteiger partial charge on any atom is -0.461 e. The zero-order chi connectivity index (χ0) is 15.2. The van der Waals surface area contributed by atoms with Gasteiger partial charge in [0.1, 0.15) is 0 Å². The molecule has 0 atom stereocenters. The Labute approximate surface area is 128 Å². The van der Waals surface area contributed by atoms with E-state index in [1.807, 2.05) is 44.4 Å². The molecule has 21 heavy (non-hydrogen) atoms. The molecule has 1 aromatic heterocycles. The summed E-state index contributed by atoms with van der Waals surface area (Å²) in [6.07, 6.45) is 2.05. The highest BCUT2D eigenvalue weighted by atomic mass is 32.2. The third kappa shape index (κ3) is 4.49. The summed E-state index contributed by atoms with van der Waals surface area (Å²) in [5, 5.41) is 6.05. The Morgan fingerprint density at radius 3 is 2.29 bits per heavy atom. The van der Waals surface area contributed by atoms with Crippen molar-refractivity contribution in [2.24, 2.45) is 0 Å².